The first-order valence-electron chi connectivity index (χ1n) is 9.04. The lowest BCUT2D eigenvalue weighted by atomic mass is 9.95. The van der Waals surface area contributed by atoms with Crippen molar-refractivity contribution in [2.45, 2.75) is 19.4 Å². The summed E-state index contributed by atoms with van der Waals surface area (Å²) in [7, 11) is 3.12. The number of nitrogens with one attached hydrogen (secondary N) is 1. The number of carbonyl (C=O) groups excluding carboxylic acids is 2. The summed E-state index contributed by atoms with van der Waals surface area (Å²) in [5.41, 5.74) is 0.530. The van der Waals surface area contributed by atoms with Crippen LogP contribution in [0.3, 0.4) is 0 Å². The van der Waals surface area contributed by atoms with E-state index in [-0.39, 0.29) is 17.7 Å². The Morgan fingerprint density at radius 1 is 1.14 bits per heavy atom. The number of hydrogen-bond donors (Lipinski definition) is 1. The number of thiophene rings is 1. The maximum absolute atomic E-state index is 12.8. The van der Waals surface area contributed by atoms with Crippen LogP contribution in [0.2, 0.25) is 0 Å². The Morgan fingerprint density at radius 2 is 1.79 bits per heavy atom. The summed E-state index contributed by atoms with van der Waals surface area (Å²) in [6, 6.07) is 9.13. The molecule has 28 heavy (non-hydrogen) atoms. The number of piperidine rings is 1. The van der Waals surface area contributed by atoms with Crippen molar-refractivity contribution in [2.75, 3.05) is 27.3 Å². The van der Waals surface area contributed by atoms with Gasteiger partial charge in [0.1, 0.15) is 11.5 Å². The van der Waals surface area contributed by atoms with E-state index in [1.807, 2.05) is 12.1 Å². The van der Waals surface area contributed by atoms with Gasteiger partial charge < -0.3 is 19.7 Å². The molecule has 0 aliphatic carbocycles. The van der Waals surface area contributed by atoms with Gasteiger partial charge in [-0.15, -0.1) is 11.3 Å². The number of hydrogen-bond acceptors (Lipinski definition) is 5. The second-order valence-corrected chi connectivity index (χ2v) is 9.14. The smallest absolute Gasteiger partial charge is 0.254 e. The second kappa shape index (κ2) is 9.43. The van der Waals surface area contributed by atoms with Crippen LogP contribution in [0.5, 0.6) is 11.5 Å². The maximum Gasteiger partial charge on any atom is 0.254 e. The van der Waals surface area contributed by atoms with E-state index in [0.717, 1.165) is 8.66 Å². The molecule has 2 aromatic rings. The fourth-order valence-corrected chi connectivity index (χ4v) is 4.65. The fourth-order valence-electron chi connectivity index (χ4n) is 3.22. The molecule has 1 aromatic heterocycles. The zero-order valence-electron chi connectivity index (χ0n) is 15.9. The second-order valence-electron chi connectivity index (χ2n) is 6.59. The van der Waals surface area contributed by atoms with Crippen LogP contribution in [0.25, 0.3) is 0 Å². The average Bonchev–Trinajstić information content (AvgIpc) is 3.16. The lowest BCUT2D eigenvalue weighted by molar-refractivity contribution is -0.126. The molecule has 0 saturated carbocycles. The van der Waals surface area contributed by atoms with Crippen LogP contribution in [-0.4, -0.2) is 44.0 Å². The molecule has 1 aliphatic heterocycles. The topological polar surface area (TPSA) is 67.9 Å². The molecule has 1 aliphatic rings. The van der Waals surface area contributed by atoms with Crippen LogP contribution in [0, 0.1) is 5.92 Å². The number of halogens is 1. The summed E-state index contributed by atoms with van der Waals surface area (Å²) in [5.74, 6) is 1.08. The van der Waals surface area contributed by atoms with Crippen molar-refractivity contribution in [3.63, 3.8) is 0 Å². The molecule has 8 heteroatoms. The van der Waals surface area contributed by atoms with Crippen molar-refractivity contribution in [3.05, 3.63) is 44.6 Å². The summed E-state index contributed by atoms with van der Waals surface area (Å²) in [4.78, 5) is 28.2. The number of methoxy groups -OCH3 is 2. The van der Waals surface area contributed by atoms with E-state index >= 15 is 0 Å². The summed E-state index contributed by atoms with van der Waals surface area (Å²) in [6.45, 7) is 1.65. The van der Waals surface area contributed by atoms with Crippen LogP contribution >= 0.6 is 27.3 Å². The summed E-state index contributed by atoms with van der Waals surface area (Å²) in [6.07, 6.45) is 1.32. The van der Waals surface area contributed by atoms with Gasteiger partial charge in [0.2, 0.25) is 5.91 Å². The minimum Gasteiger partial charge on any atom is -0.497 e. The Bertz CT molecular complexity index is 824. The molecule has 3 rings (SSSR count). The standard InChI is InChI=1S/C20H23BrN2O4S/c1-26-15-9-14(10-16(11-15)27-2)20(25)23-7-5-13(6-8-23)19(24)22-12-17-3-4-18(21)28-17/h3-4,9-11,13H,5-8,12H2,1-2H3,(H,22,24). The molecule has 150 valence electrons. The number of rotatable bonds is 6. The van der Waals surface area contributed by atoms with Crippen molar-refractivity contribution >= 4 is 39.1 Å². The van der Waals surface area contributed by atoms with Gasteiger partial charge >= 0.3 is 0 Å². The predicted octanol–water partition coefficient (Wildman–Crippen LogP) is 3.70. The molecule has 1 saturated heterocycles. The van der Waals surface area contributed by atoms with E-state index in [0.29, 0.717) is 49.5 Å². The van der Waals surface area contributed by atoms with Gasteiger partial charge in [0, 0.05) is 35.5 Å². The van der Waals surface area contributed by atoms with Crippen molar-refractivity contribution in [3.8, 4) is 11.5 Å². The van der Waals surface area contributed by atoms with Crippen molar-refractivity contribution in [1.29, 1.82) is 0 Å². The van der Waals surface area contributed by atoms with E-state index in [9.17, 15) is 9.59 Å². The molecule has 0 atom stereocenters. The van der Waals surface area contributed by atoms with Crippen LogP contribution in [0.1, 0.15) is 28.1 Å². The Kier molecular flexibility index (Phi) is 6.96. The number of ether oxygens (including phenoxy) is 2. The number of likely N-dealkylation sites (tertiary alicyclic amines) is 1. The number of amides is 2. The van der Waals surface area contributed by atoms with E-state index in [2.05, 4.69) is 21.2 Å². The number of carbonyl (C=O) groups is 2. The van der Waals surface area contributed by atoms with Crippen molar-refractivity contribution in [2.24, 2.45) is 5.92 Å². The molecule has 0 spiro atoms. The molecule has 0 unspecified atom stereocenters. The number of nitrogens with zero attached hydrogens (tertiary/aromatic N) is 1. The largest absolute Gasteiger partial charge is 0.497 e. The first kappa shape index (κ1) is 20.7. The molecule has 0 bridgehead atoms. The molecule has 6 nitrogen and oxygen atoms in total. The van der Waals surface area contributed by atoms with Gasteiger partial charge in [0.25, 0.3) is 5.91 Å². The van der Waals surface area contributed by atoms with Gasteiger partial charge in [-0.2, -0.15) is 0 Å². The van der Waals surface area contributed by atoms with Gasteiger partial charge in [-0.3, -0.25) is 9.59 Å². The minimum atomic E-state index is -0.0699. The van der Waals surface area contributed by atoms with E-state index in [1.165, 1.54) is 0 Å². The molecule has 1 aromatic carbocycles. The fraction of sp³-hybridized carbons (Fsp3) is 0.400. The van der Waals surface area contributed by atoms with Gasteiger partial charge in [-0.05, 0) is 53.0 Å². The first-order chi connectivity index (χ1) is 13.5. The van der Waals surface area contributed by atoms with Gasteiger partial charge in [0.05, 0.1) is 24.6 Å². The Hall–Kier alpha value is -2.06. The van der Waals surface area contributed by atoms with Crippen LogP contribution in [0.4, 0.5) is 0 Å². The Balaban J connectivity index is 1.54. The summed E-state index contributed by atoms with van der Waals surface area (Å²) in [5, 5.41) is 3.00. The Morgan fingerprint density at radius 3 is 2.32 bits per heavy atom. The summed E-state index contributed by atoms with van der Waals surface area (Å²) >= 11 is 5.04. The molecule has 2 heterocycles. The molecule has 1 N–H and O–H groups in total. The number of benzene rings is 1. The summed E-state index contributed by atoms with van der Waals surface area (Å²) < 4.78 is 11.5. The molecule has 0 radical (unpaired) electrons. The zero-order chi connectivity index (χ0) is 20.1. The van der Waals surface area contributed by atoms with Crippen LogP contribution in [-0.2, 0) is 11.3 Å². The first-order valence-corrected chi connectivity index (χ1v) is 10.7. The highest BCUT2D eigenvalue weighted by Gasteiger charge is 2.28. The monoisotopic (exact) mass is 466 g/mol. The predicted molar refractivity (Wildman–Crippen MR) is 112 cm³/mol. The maximum atomic E-state index is 12.8. The van der Waals surface area contributed by atoms with Gasteiger partial charge in [-0.25, -0.2) is 0 Å². The quantitative estimate of drug-likeness (QED) is 0.704. The normalized spacial score (nSPS) is 14.6. The van der Waals surface area contributed by atoms with Gasteiger partial charge in [0.15, 0.2) is 0 Å². The lowest BCUT2D eigenvalue weighted by Crippen LogP contribution is -2.42. The average molecular weight is 467 g/mol. The minimum absolute atomic E-state index is 0.0553. The third-order valence-corrected chi connectivity index (χ3v) is 6.44. The Labute approximate surface area is 176 Å². The third-order valence-electron chi connectivity index (χ3n) is 4.82. The molecular weight excluding hydrogens is 444 g/mol. The molecule has 2 amide bonds. The molecular formula is C20H23BrN2O4S. The zero-order valence-corrected chi connectivity index (χ0v) is 18.3. The SMILES string of the molecule is COc1cc(OC)cc(C(=O)N2CCC(C(=O)NCc3ccc(Br)s3)CC2)c1. The van der Waals surface area contributed by atoms with Gasteiger partial charge in [-0.1, -0.05) is 0 Å². The van der Waals surface area contributed by atoms with E-state index in [4.69, 9.17) is 9.47 Å². The lowest BCUT2D eigenvalue weighted by Gasteiger charge is -2.31. The van der Waals surface area contributed by atoms with Crippen molar-refractivity contribution < 1.29 is 19.1 Å². The molecule has 1 fully saturated rings. The highest BCUT2D eigenvalue weighted by atomic mass is 79.9. The highest BCUT2D eigenvalue weighted by Crippen LogP contribution is 2.26. The highest BCUT2D eigenvalue weighted by molar-refractivity contribution is 9.11. The third kappa shape index (κ3) is 5.05. The van der Waals surface area contributed by atoms with Crippen molar-refractivity contribution in [1.82, 2.24) is 10.2 Å². The van der Waals surface area contributed by atoms with Crippen LogP contribution in [0.15, 0.2) is 34.1 Å². The van der Waals surface area contributed by atoms with E-state index < -0.39 is 0 Å². The van der Waals surface area contributed by atoms with Crippen LogP contribution < -0.4 is 14.8 Å². The van der Waals surface area contributed by atoms with E-state index in [1.54, 1.807) is 48.7 Å².